The Bertz CT molecular complexity index is 1440. The van der Waals surface area contributed by atoms with Crippen molar-refractivity contribution in [3.8, 4) is 5.75 Å². The number of nitrogens with one attached hydrogen (secondary N) is 1. The molecule has 0 radical (unpaired) electrons. The molecule has 11 heteroatoms. The lowest BCUT2D eigenvalue weighted by Crippen LogP contribution is -2.20. The number of benzene rings is 2. The van der Waals surface area contributed by atoms with Crippen molar-refractivity contribution < 1.29 is 4.74 Å². The van der Waals surface area contributed by atoms with E-state index in [-0.39, 0.29) is 12.2 Å². The Morgan fingerprint density at radius 2 is 1.94 bits per heavy atom. The lowest BCUT2D eigenvalue weighted by atomic mass is 10.2. The number of nitrogens with zero attached hydrogens (tertiary/aromatic N) is 6. The molecule has 9 nitrogen and oxygen atoms in total. The molecule has 156 valence electrons. The number of rotatable bonds is 6. The minimum Gasteiger partial charge on any atom is -0.486 e. The van der Waals surface area contributed by atoms with E-state index < -0.39 is 0 Å². The number of halogens is 1. The molecular formula is C20H16ClN7O2S. The third-order valence-corrected chi connectivity index (χ3v) is 5.82. The third-order valence-electron chi connectivity index (χ3n) is 4.72. The topological polar surface area (TPSA) is 103 Å². The van der Waals surface area contributed by atoms with Crippen molar-refractivity contribution in [1.82, 2.24) is 34.3 Å². The quantitative estimate of drug-likeness (QED) is 0.394. The van der Waals surface area contributed by atoms with Gasteiger partial charge >= 0.3 is 0 Å². The molecule has 0 saturated heterocycles. The van der Waals surface area contributed by atoms with Crippen LogP contribution in [0.25, 0.3) is 16.7 Å². The standard InChI is InChI=1S/C20H16ClN7O2S/c1-27-18(29)14-4-2-3-5-15(14)28-17(24-26-20(27)28)11-31-19-22-16(23-25-19)10-30-13-8-6-12(21)7-9-13/h2-9H,10-11H2,1H3,(H,22,23,25). The zero-order valence-corrected chi connectivity index (χ0v) is 17.9. The van der Waals surface area contributed by atoms with Gasteiger partial charge in [-0.2, -0.15) is 0 Å². The zero-order valence-electron chi connectivity index (χ0n) is 16.3. The summed E-state index contributed by atoms with van der Waals surface area (Å²) in [4.78, 5) is 17.0. The number of thioether (sulfide) groups is 1. The zero-order chi connectivity index (χ0) is 21.4. The minimum atomic E-state index is -0.103. The van der Waals surface area contributed by atoms with Gasteiger partial charge in [-0.05, 0) is 36.4 Å². The second-order valence-corrected chi connectivity index (χ2v) is 8.11. The molecule has 0 aliphatic rings. The van der Waals surface area contributed by atoms with Crippen LogP contribution in [-0.4, -0.2) is 34.3 Å². The molecule has 0 fully saturated rings. The van der Waals surface area contributed by atoms with Gasteiger partial charge in [0.1, 0.15) is 18.2 Å². The fraction of sp³-hybridized carbons (Fsp3) is 0.150. The number of para-hydroxylation sites is 1. The van der Waals surface area contributed by atoms with Gasteiger partial charge in [-0.1, -0.05) is 35.5 Å². The van der Waals surface area contributed by atoms with Crippen LogP contribution in [0.15, 0.2) is 58.5 Å². The summed E-state index contributed by atoms with van der Waals surface area (Å²) in [5, 5.41) is 17.4. The van der Waals surface area contributed by atoms with E-state index in [1.165, 1.54) is 16.3 Å². The third kappa shape index (κ3) is 3.75. The molecule has 3 aromatic heterocycles. The van der Waals surface area contributed by atoms with Crippen LogP contribution in [0.1, 0.15) is 11.6 Å². The Kier molecular flexibility index (Phi) is 5.08. The van der Waals surface area contributed by atoms with Gasteiger partial charge in [0.15, 0.2) is 5.82 Å². The van der Waals surface area contributed by atoms with E-state index in [0.717, 1.165) is 5.52 Å². The average Bonchev–Trinajstić information content (AvgIpc) is 3.43. The summed E-state index contributed by atoms with van der Waals surface area (Å²) in [6.07, 6.45) is 0. The Balaban J connectivity index is 1.34. The summed E-state index contributed by atoms with van der Waals surface area (Å²) in [7, 11) is 1.69. The SMILES string of the molecule is Cn1c(=O)c2ccccc2n2c(CSc3n[nH]c(COc4ccc(Cl)cc4)n3)nnc12. The highest BCUT2D eigenvalue weighted by molar-refractivity contribution is 7.98. The number of ether oxygens (including phenoxy) is 1. The van der Waals surface area contributed by atoms with Crippen molar-refractivity contribution in [2.24, 2.45) is 7.05 Å². The van der Waals surface area contributed by atoms with Crippen molar-refractivity contribution in [2.75, 3.05) is 0 Å². The number of hydrogen-bond acceptors (Lipinski definition) is 7. The van der Waals surface area contributed by atoms with Crippen LogP contribution in [0.5, 0.6) is 5.75 Å². The summed E-state index contributed by atoms with van der Waals surface area (Å²) in [5.41, 5.74) is 0.669. The summed E-state index contributed by atoms with van der Waals surface area (Å²) < 4.78 is 9.07. The van der Waals surface area contributed by atoms with Gasteiger partial charge < -0.3 is 4.74 Å². The van der Waals surface area contributed by atoms with Crippen LogP contribution in [0, 0.1) is 0 Å². The summed E-state index contributed by atoms with van der Waals surface area (Å²) in [5.74, 6) is 2.99. The Morgan fingerprint density at radius 1 is 1.13 bits per heavy atom. The molecule has 5 rings (SSSR count). The number of fused-ring (bicyclic) bond motifs is 3. The van der Waals surface area contributed by atoms with Gasteiger partial charge in [0, 0.05) is 12.1 Å². The molecule has 0 amide bonds. The largest absolute Gasteiger partial charge is 0.486 e. The molecule has 2 aromatic carbocycles. The summed E-state index contributed by atoms with van der Waals surface area (Å²) in [6.45, 7) is 0.260. The van der Waals surface area contributed by atoms with Gasteiger partial charge in [-0.3, -0.25) is 18.9 Å². The van der Waals surface area contributed by atoms with Crippen LogP contribution in [0.2, 0.25) is 5.02 Å². The number of hydrogen-bond donors (Lipinski definition) is 1. The number of aromatic nitrogens is 7. The molecule has 0 atom stereocenters. The van der Waals surface area contributed by atoms with Gasteiger partial charge in [0.2, 0.25) is 10.9 Å². The fourth-order valence-electron chi connectivity index (χ4n) is 3.20. The molecular weight excluding hydrogens is 438 g/mol. The molecule has 5 aromatic rings. The monoisotopic (exact) mass is 453 g/mol. The Hall–Kier alpha value is -3.37. The van der Waals surface area contributed by atoms with Gasteiger partial charge in [0.25, 0.3) is 5.56 Å². The van der Waals surface area contributed by atoms with E-state index in [1.54, 1.807) is 37.4 Å². The number of H-pyrrole nitrogens is 1. The molecule has 0 bridgehead atoms. The molecule has 0 unspecified atom stereocenters. The maximum Gasteiger partial charge on any atom is 0.262 e. The normalized spacial score (nSPS) is 11.4. The molecule has 0 spiro atoms. The average molecular weight is 454 g/mol. The lowest BCUT2D eigenvalue weighted by molar-refractivity contribution is 0.296. The van der Waals surface area contributed by atoms with Gasteiger partial charge in [-0.15, -0.1) is 15.3 Å². The fourth-order valence-corrected chi connectivity index (χ4v) is 4.06. The highest BCUT2D eigenvalue weighted by Crippen LogP contribution is 2.22. The smallest absolute Gasteiger partial charge is 0.262 e. The van der Waals surface area contributed by atoms with E-state index in [9.17, 15) is 4.79 Å². The van der Waals surface area contributed by atoms with Crippen molar-refractivity contribution in [1.29, 1.82) is 0 Å². The van der Waals surface area contributed by atoms with E-state index in [4.69, 9.17) is 16.3 Å². The molecule has 3 heterocycles. The molecule has 1 N–H and O–H groups in total. The van der Waals surface area contributed by atoms with Crippen LogP contribution in [0.3, 0.4) is 0 Å². The first-order valence-corrected chi connectivity index (χ1v) is 10.7. The first kappa shape index (κ1) is 19.6. The van der Waals surface area contributed by atoms with Crippen molar-refractivity contribution in [3.63, 3.8) is 0 Å². The van der Waals surface area contributed by atoms with Crippen molar-refractivity contribution in [2.45, 2.75) is 17.5 Å². The maximum absolute atomic E-state index is 12.5. The minimum absolute atomic E-state index is 0.103. The van der Waals surface area contributed by atoms with Crippen LogP contribution >= 0.6 is 23.4 Å². The second kappa shape index (κ2) is 8.05. The maximum atomic E-state index is 12.5. The first-order valence-electron chi connectivity index (χ1n) is 9.34. The molecule has 0 saturated carbocycles. The van der Waals surface area contributed by atoms with E-state index in [1.807, 2.05) is 22.6 Å². The van der Waals surface area contributed by atoms with E-state index in [0.29, 0.717) is 44.5 Å². The predicted molar refractivity (Wildman–Crippen MR) is 117 cm³/mol. The van der Waals surface area contributed by atoms with Crippen molar-refractivity contribution >= 4 is 40.0 Å². The predicted octanol–water partition coefficient (Wildman–Crippen LogP) is 3.22. The van der Waals surface area contributed by atoms with Crippen LogP contribution in [-0.2, 0) is 19.4 Å². The molecule has 0 aliphatic heterocycles. The second-order valence-electron chi connectivity index (χ2n) is 6.73. The molecule has 0 aliphatic carbocycles. The van der Waals surface area contributed by atoms with Gasteiger partial charge in [0.05, 0.1) is 16.7 Å². The highest BCUT2D eigenvalue weighted by atomic mass is 35.5. The number of aromatic amines is 1. The van der Waals surface area contributed by atoms with Crippen LogP contribution in [0.4, 0.5) is 0 Å². The van der Waals surface area contributed by atoms with E-state index in [2.05, 4.69) is 25.4 Å². The number of aryl methyl sites for hydroxylation is 1. The Morgan fingerprint density at radius 3 is 2.77 bits per heavy atom. The lowest BCUT2D eigenvalue weighted by Gasteiger charge is -2.07. The summed E-state index contributed by atoms with van der Waals surface area (Å²) in [6, 6.07) is 14.5. The molecule has 31 heavy (non-hydrogen) atoms. The van der Waals surface area contributed by atoms with Crippen LogP contribution < -0.4 is 10.3 Å². The van der Waals surface area contributed by atoms with E-state index >= 15 is 0 Å². The summed E-state index contributed by atoms with van der Waals surface area (Å²) >= 11 is 7.30. The first-order chi connectivity index (χ1) is 15.1. The Labute approximate surface area is 185 Å². The highest BCUT2D eigenvalue weighted by Gasteiger charge is 2.15. The van der Waals surface area contributed by atoms with Crippen molar-refractivity contribution in [3.05, 3.63) is 75.6 Å². The van der Waals surface area contributed by atoms with Gasteiger partial charge in [-0.25, -0.2) is 4.98 Å².